The summed E-state index contributed by atoms with van der Waals surface area (Å²) in [4.78, 5) is 24.8. The highest BCUT2D eigenvalue weighted by Crippen LogP contribution is 2.19. The van der Waals surface area contributed by atoms with Gasteiger partial charge in [0, 0.05) is 18.7 Å². The summed E-state index contributed by atoms with van der Waals surface area (Å²) in [6.45, 7) is 3.99. The first kappa shape index (κ1) is 23.4. The van der Waals surface area contributed by atoms with Gasteiger partial charge in [-0.25, -0.2) is 4.39 Å². The Hall–Kier alpha value is -2.64. The lowest BCUT2D eigenvalue weighted by Crippen LogP contribution is -2.32. The van der Waals surface area contributed by atoms with Gasteiger partial charge in [-0.3, -0.25) is 9.59 Å². The molecule has 0 saturated carbocycles. The lowest BCUT2D eigenvalue weighted by atomic mass is 10.1. The number of benzene rings is 2. The molecule has 0 aliphatic heterocycles. The number of hydrogen-bond donors (Lipinski definition) is 3. The molecular formula is C20H25ClFN3O3. The van der Waals surface area contributed by atoms with E-state index in [0.29, 0.717) is 24.4 Å². The average molecular weight is 410 g/mol. The maximum Gasteiger partial charge on any atom is 0.255 e. The van der Waals surface area contributed by atoms with Crippen molar-refractivity contribution < 1.29 is 18.7 Å². The van der Waals surface area contributed by atoms with Crippen LogP contribution in [0.4, 0.5) is 10.1 Å². The van der Waals surface area contributed by atoms with E-state index in [-0.39, 0.29) is 29.6 Å². The number of nitrogens with one attached hydrogen (secondary N) is 3. The molecule has 2 amide bonds. The molecule has 0 aliphatic rings. The van der Waals surface area contributed by atoms with Gasteiger partial charge in [-0.15, -0.1) is 12.4 Å². The number of methoxy groups -OCH3 is 1. The Morgan fingerprint density at radius 2 is 1.71 bits per heavy atom. The fourth-order valence-corrected chi connectivity index (χ4v) is 2.42. The summed E-state index contributed by atoms with van der Waals surface area (Å²) in [5.74, 6) is -0.740. The molecule has 0 aromatic heterocycles. The van der Waals surface area contributed by atoms with Crippen LogP contribution in [0.1, 0.15) is 34.1 Å². The van der Waals surface area contributed by atoms with E-state index in [2.05, 4.69) is 22.9 Å². The molecule has 8 heteroatoms. The van der Waals surface area contributed by atoms with Crippen molar-refractivity contribution >= 4 is 29.9 Å². The van der Waals surface area contributed by atoms with Crippen molar-refractivity contribution in [3.05, 3.63) is 59.4 Å². The van der Waals surface area contributed by atoms with Crippen LogP contribution < -0.4 is 20.7 Å². The van der Waals surface area contributed by atoms with Crippen molar-refractivity contribution in [3.8, 4) is 5.75 Å². The molecule has 0 saturated heterocycles. The number of halogens is 2. The number of ether oxygens (including phenoxy) is 1. The smallest absolute Gasteiger partial charge is 0.255 e. The quantitative estimate of drug-likeness (QED) is 0.555. The van der Waals surface area contributed by atoms with Crippen LogP contribution in [0, 0.1) is 5.82 Å². The van der Waals surface area contributed by atoms with Crippen LogP contribution in [0.5, 0.6) is 5.75 Å². The lowest BCUT2D eigenvalue weighted by molar-refractivity contribution is 0.0955. The van der Waals surface area contributed by atoms with E-state index >= 15 is 0 Å². The minimum atomic E-state index is -0.541. The van der Waals surface area contributed by atoms with Gasteiger partial charge in [-0.1, -0.05) is 6.92 Å². The van der Waals surface area contributed by atoms with Crippen molar-refractivity contribution in [1.29, 1.82) is 0 Å². The summed E-state index contributed by atoms with van der Waals surface area (Å²) >= 11 is 0. The molecule has 2 rings (SSSR count). The summed E-state index contributed by atoms with van der Waals surface area (Å²) in [5, 5.41) is 8.53. The zero-order valence-electron chi connectivity index (χ0n) is 15.9. The molecule has 0 bridgehead atoms. The lowest BCUT2D eigenvalue weighted by Gasteiger charge is -2.12. The molecular weight excluding hydrogens is 385 g/mol. The number of anilines is 1. The largest absolute Gasteiger partial charge is 0.497 e. The second-order valence-electron chi connectivity index (χ2n) is 5.88. The van der Waals surface area contributed by atoms with Crippen molar-refractivity contribution in [1.82, 2.24) is 10.6 Å². The first-order valence-electron chi connectivity index (χ1n) is 8.79. The standard InChI is InChI=1S/C20H24FN3O3.ClH/c1-3-10-22-11-12-23-20(26)17-9-6-15(21)13-18(17)24-19(25)14-4-7-16(27-2)8-5-14;/h4-9,13,22H,3,10-12H2,1-2H3,(H,23,26)(H,24,25);1H. The van der Waals surface area contributed by atoms with E-state index in [1.54, 1.807) is 24.3 Å². The van der Waals surface area contributed by atoms with E-state index in [1.165, 1.54) is 19.2 Å². The molecule has 0 spiro atoms. The fraction of sp³-hybridized carbons (Fsp3) is 0.300. The summed E-state index contributed by atoms with van der Waals surface area (Å²) in [6, 6.07) is 10.2. The number of carbonyl (C=O) groups is 2. The van der Waals surface area contributed by atoms with Gasteiger partial charge >= 0.3 is 0 Å². The SMILES string of the molecule is CCCNCCNC(=O)c1ccc(F)cc1NC(=O)c1ccc(OC)cc1.Cl. The minimum Gasteiger partial charge on any atom is -0.497 e. The molecule has 152 valence electrons. The first-order valence-corrected chi connectivity index (χ1v) is 8.79. The molecule has 0 heterocycles. The molecule has 2 aromatic carbocycles. The van der Waals surface area contributed by atoms with Crippen LogP contribution in [0.3, 0.4) is 0 Å². The summed E-state index contributed by atoms with van der Waals surface area (Å²) < 4.78 is 18.7. The zero-order valence-corrected chi connectivity index (χ0v) is 16.7. The topological polar surface area (TPSA) is 79.5 Å². The van der Waals surface area contributed by atoms with Gasteiger partial charge in [0.25, 0.3) is 11.8 Å². The third-order valence-corrected chi connectivity index (χ3v) is 3.84. The summed E-state index contributed by atoms with van der Waals surface area (Å²) in [7, 11) is 1.53. The monoisotopic (exact) mass is 409 g/mol. The molecule has 0 fully saturated rings. The van der Waals surface area contributed by atoms with E-state index in [9.17, 15) is 14.0 Å². The predicted octanol–water partition coefficient (Wildman–Crippen LogP) is 3.24. The third-order valence-electron chi connectivity index (χ3n) is 3.84. The van der Waals surface area contributed by atoms with Gasteiger partial charge in [0.15, 0.2) is 0 Å². The van der Waals surface area contributed by atoms with Gasteiger partial charge in [0.2, 0.25) is 0 Å². The molecule has 2 aromatic rings. The number of amides is 2. The maximum atomic E-state index is 13.6. The highest BCUT2D eigenvalue weighted by molar-refractivity contribution is 6.09. The van der Waals surface area contributed by atoms with Gasteiger partial charge in [0.05, 0.1) is 18.4 Å². The Bertz CT molecular complexity index is 785. The Morgan fingerprint density at radius 3 is 2.36 bits per heavy atom. The van der Waals surface area contributed by atoms with E-state index in [4.69, 9.17) is 4.74 Å². The van der Waals surface area contributed by atoms with Crippen LogP contribution in [-0.2, 0) is 0 Å². The van der Waals surface area contributed by atoms with Gasteiger partial charge in [-0.05, 0) is 55.4 Å². The molecule has 0 radical (unpaired) electrons. The first-order chi connectivity index (χ1) is 13.0. The highest BCUT2D eigenvalue weighted by Gasteiger charge is 2.15. The van der Waals surface area contributed by atoms with Crippen molar-refractivity contribution in [2.75, 3.05) is 32.1 Å². The average Bonchev–Trinajstić information content (AvgIpc) is 2.67. The Morgan fingerprint density at radius 1 is 1.00 bits per heavy atom. The molecule has 3 N–H and O–H groups in total. The van der Waals surface area contributed by atoms with E-state index in [0.717, 1.165) is 19.0 Å². The van der Waals surface area contributed by atoms with E-state index in [1.807, 2.05) is 0 Å². The van der Waals surface area contributed by atoms with Crippen molar-refractivity contribution in [2.45, 2.75) is 13.3 Å². The molecule has 6 nitrogen and oxygen atoms in total. The normalized spacial score (nSPS) is 9.96. The number of rotatable bonds is 9. The van der Waals surface area contributed by atoms with Crippen LogP contribution >= 0.6 is 12.4 Å². The molecule has 0 atom stereocenters. The number of hydrogen-bond acceptors (Lipinski definition) is 4. The van der Waals surface area contributed by atoms with Crippen LogP contribution in [0.15, 0.2) is 42.5 Å². The Kier molecular flexibility index (Phi) is 9.98. The Labute approximate surface area is 170 Å². The molecule has 0 aliphatic carbocycles. The summed E-state index contributed by atoms with van der Waals surface area (Å²) in [6.07, 6.45) is 1.01. The Balaban J connectivity index is 0.00000392. The van der Waals surface area contributed by atoms with Crippen molar-refractivity contribution in [2.24, 2.45) is 0 Å². The second-order valence-corrected chi connectivity index (χ2v) is 5.88. The summed E-state index contributed by atoms with van der Waals surface area (Å²) in [5.41, 5.74) is 0.693. The highest BCUT2D eigenvalue weighted by atomic mass is 35.5. The van der Waals surface area contributed by atoms with Crippen LogP contribution in [-0.4, -0.2) is 38.6 Å². The predicted molar refractivity (Wildman–Crippen MR) is 110 cm³/mol. The minimum absolute atomic E-state index is 0. The maximum absolute atomic E-state index is 13.6. The van der Waals surface area contributed by atoms with Crippen LogP contribution in [0.25, 0.3) is 0 Å². The van der Waals surface area contributed by atoms with E-state index < -0.39 is 11.7 Å². The molecule has 28 heavy (non-hydrogen) atoms. The van der Waals surface area contributed by atoms with Gasteiger partial charge in [-0.2, -0.15) is 0 Å². The van der Waals surface area contributed by atoms with Crippen LogP contribution in [0.2, 0.25) is 0 Å². The number of carbonyl (C=O) groups excluding carboxylic acids is 2. The molecule has 0 unspecified atom stereocenters. The van der Waals surface area contributed by atoms with Gasteiger partial charge in [0.1, 0.15) is 11.6 Å². The van der Waals surface area contributed by atoms with Gasteiger partial charge < -0.3 is 20.7 Å². The fourth-order valence-electron chi connectivity index (χ4n) is 2.42. The second kappa shape index (κ2) is 11.9. The van der Waals surface area contributed by atoms with Crippen molar-refractivity contribution in [3.63, 3.8) is 0 Å². The zero-order chi connectivity index (χ0) is 19.6. The third kappa shape index (κ3) is 6.83.